The summed E-state index contributed by atoms with van der Waals surface area (Å²) in [5.74, 6) is -0.191. The number of thiazole rings is 1. The Hall–Kier alpha value is -1.21. The fourth-order valence-corrected chi connectivity index (χ4v) is 3.46. The Balaban J connectivity index is 0.00000144. The van der Waals surface area contributed by atoms with Crippen LogP contribution in [0.15, 0.2) is 30.5 Å². The molecule has 24 heavy (non-hydrogen) atoms. The minimum absolute atomic E-state index is 0. The third-order valence-corrected chi connectivity index (χ3v) is 4.78. The molecule has 1 aromatic heterocycles. The number of carbonyl (C=O) groups excluding carboxylic acids is 1. The SMILES string of the molecule is C[C@H]1CNCCN1C(=O)c1cnc(Cc2ccc(F)cc2)s1.Cl.Cl. The molecule has 4 nitrogen and oxygen atoms in total. The first-order chi connectivity index (χ1) is 10.6. The predicted octanol–water partition coefficient (Wildman–Crippen LogP) is 3.15. The summed E-state index contributed by atoms with van der Waals surface area (Å²) in [6.45, 7) is 4.43. The second-order valence-electron chi connectivity index (χ2n) is 5.47. The average Bonchev–Trinajstić information content (AvgIpc) is 2.98. The Morgan fingerprint density at radius 3 is 2.75 bits per heavy atom. The van der Waals surface area contributed by atoms with Crippen molar-refractivity contribution in [2.45, 2.75) is 19.4 Å². The van der Waals surface area contributed by atoms with Gasteiger partial charge in [-0.2, -0.15) is 0 Å². The van der Waals surface area contributed by atoms with Crippen LogP contribution in [0.3, 0.4) is 0 Å². The quantitative estimate of drug-likeness (QED) is 0.873. The highest BCUT2D eigenvalue weighted by Gasteiger charge is 2.25. The largest absolute Gasteiger partial charge is 0.333 e. The van der Waals surface area contributed by atoms with Crippen molar-refractivity contribution in [1.82, 2.24) is 15.2 Å². The Kier molecular flexibility index (Phi) is 8.09. The van der Waals surface area contributed by atoms with Crippen LogP contribution in [0.1, 0.15) is 27.2 Å². The maximum atomic E-state index is 12.9. The lowest BCUT2D eigenvalue weighted by atomic mass is 10.2. The highest BCUT2D eigenvalue weighted by atomic mass is 35.5. The van der Waals surface area contributed by atoms with Gasteiger partial charge in [0.05, 0.1) is 11.2 Å². The van der Waals surface area contributed by atoms with E-state index in [0.717, 1.165) is 30.2 Å². The van der Waals surface area contributed by atoms with Crippen molar-refractivity contribution < 1.29 is 9.18 Å². The molecule has 1 atom stereocenters. The first-order valence-electron chi connectivity index (χ1n) is 7.34. The van der Waals surface area contributed by atoms with E-state index in [9.17, 15) is 9.18 Å². The lowest BCUT2D eigenvalue weighted by Crippen LogP contribution is -2.52. The van der Waals surface area contributed by atoms with Crippen molar-refractivity contribution in [3.63, 3.8) is 0 Å². The Bertz CT molecular complexity index is 666. The van der Waals surface area contributed by atoms with Crippen LogP contribution in [0.2, 0.25) is 0 Å². The Labute approximate surface area is 157 Å². The molecule has 0 saturated carbocycles. The maximum Gasteiger partial charge on any atom is 0.265 e. The van der Waals surface area contributed by atoms with E-state index in [-0.39, 0.29) is 42.6 Å². The van der Waals surface area contributed by atoms with E-state index in [2.05, 4.69) is 10.3 Å². The first-order valence-corrected chi connectivity index (χ1v) is 8.16. The number of nitrogens with zero attached hydrogens (tertiary/aromatic N) is 2. The molecule has 8 heteroatoms. The fourth-order valence-electron chi connectivity index (χ4n) is 2.55. The number of rotatable bonds is 3. The van der Waals surface area contributed by atoms with Crippen LogP contribution in [-0.2, 0) is 6.42 Å². The fraction of sp³-hybridized carbons (Fsp3) is 0.375. The second-order valence-corrected chi connectivity index (χ2v) is 6.59. The van der Waals surface area contributed by atoms with E-state index in [4.69, 9.17) is 0 Å². The second kappa shape index (κ2) is 9.32. The van der Waals surface area contributed by atoms with Crippen molar-refractivity contribution in [2.75, 3.05) is 19.6 Å². The summed E-state index contributed by atoms with van der Waals surface area (Å²) in [4.78, 5) is 19.4. The van der Waals surface area contributed by atoms with Crippen LogP contribution < -0.4 is 5.32 Å². The van der Waals surface area contributed by atoms with Crippen molar-refractivity contribution in [3.05, 3.63) is 51.7 Å². The van der Waals surface area contributed by atoms with Gasteiger partial charge < -0.3 is 10.2 Å². The van der Waals surface area contributed by atoms with E-state index >= 15 is 0 Å². The standard InChI is InChI=1S/C16H18FN3OS.2ClH/c1-11-9-18-6-7-20(11)16(21)14-10-19-15(22-14)8-12-2-4-13(17)5-3-12;;/h2-5,10-11,18H,6-9H2,1H3;2*1H/t11-;;/m0../s1. The summed E-state index contributed by atoms with van der Waals surface area (Å²) in [6, 6.07) is 6.58. The summed E-state index contributed by atoms with van der Waals surface area (Å²) in [5.41, 5.74) is 0.991. The minimum atomic E-state index is -0.244. The van der Waals surface area contributed by atoms with Gasteiger partial charge in [0.2, 0.25) is 0 Å². The van der Waals surface area contributed by atoms with E-state index in [1.54, 1.807) is 18.3 Å². The smallest absolute Gasteiger partial charge is 0.265 e. The van der Waals surface area contributed by atoms with Gasteiger partial charge in [0.15, 0.2) is 0 Å². The number of carbonyl (C=O) groups is 1. The minimum Gasteiger partial charge on any atom is -0.333 e. The molecule has 0 bridgehead atoms. The van der Waals surface area contributed by atoms with Crippen LogP contribution in [-0.4, -0.2) is 41.5 Å². The molecular formula is C16H20Cl2FN3OS. The molecule has 1 aliphatic rings. The van der Waals surface area contributed by atoms with Gasteiger partial charge in [-0.1, -0.05) is 12.1 Å². The van der Waals surface area contributed by atoms with Gasteiger partial charge >= 0.3 is 0 Å². The van der Waals surface area contributed by atoms with Crippen molar-refractivity contribution >= 4 is 42.1 Å². The molecule has 0 aliphatic carbocycles. The highest BCUT2D eigenvalue weighted by Crippen LogP contribution is 2.20. The molecule has 1 N–H and O–H groups in total. The van der Waals surface area contributed by atoms with Crippen LogP contribution in [0, 0.1) is 5.82 Å². The molecule has 1 aliphatic heterocycles. The Morgan fingerprint density at radius 2 is 2.08 bits per heavy atom. The monoisotopic (exact) mass is 391 g/mol. The molecular weight excluding hydrogens is 372 g/mol. The molecule has 0 unspecified atom stereocenters. The third kappa shape index (κ3) is 4.89. The number of hydrogen-bond donors (Lipinski definition) is 1. The van der Waals surface area contributed by atoms with E-state index in [1.807, 2.05) is 11.8 Å². The number of halogens is 3. The normalized spacial score (nSPS) is 16.9. The molecule has 2 heterocycles. The molecule has 2 aromatic rings. The number of benzene rings is 1. The predicted molar refractivity (Wildman–Crippen MR) is 99.2 cm³/mol. The third-order valence-electron chi connectivity index (χ3n) is 3.80. The average molecular weight is 392 g/mol. The van der Waals surface area contributed by atoms with Gasteiger partial charge in [0.1, 0.15) is 10.7 Å². The summed E-state index contributed by atoms with van der Waals surface area (Å²) in [7, 11) is 0. The van der Waals surface area contributed by atoms with Crippen molar-refractivity contribution in [3.8, 4) is 0 Å². The molecule has 132 valence electrons. The van der Waals surface area contributed by atoms with Crippen LogP contribution in [0.4, 0.5) is 4.39 Å². The van der Waals surface area contributed by atoms with Gasteiger partial charge in [-0.15, -0.1) is 36.2 Å². The van der Waals surface area contributed by atoms with E-state index < -0.39 is 0 Å². The topological polar surface area (TPSA) is 45.2 Å². The molecule has 1 aromatic carbocycles. The highest BCUT2D eigenvalue weighted by molar-refractivity contribution is 7.13. The summed E-state index contributed by atoms with van der Waals surface area (Å²) >= 11 is 1.42. The molecule has 0 radical (unpaired) electrons. The molecule has 1 fully saturated rings. The molecule has 3 rings (SSSR count). The number of amides is 1. The van der Waals surface area contributed by atoms with E-state index in [1.165, 1.54) is 23.5 Å². The Morgan fingerprint density at radius 1 is 1.38 bits per heavy atom. The molecule has 0 spiro atoms. The van der Waals surface area contributed by atoms with Gasteiger partial charge in [-0.3, -0.25) is 4.79 Å². The summed E-state index contributed by atoms with van der Waals surface area (Å²) in [6.07, 6.45) is 2.27. The number of piperazine rings is 1. The zero-order valence-corrected chi connectivity index (χ0v) is 15.6. The number of hydrogen-bond acceptors (Lipinski definition) is 4. The molecule has 1 amide bonds. The number of aromatic nitrogens is 1. The van der Waals surface area contributed by atoms with Crippen LogP contribution in [0.5, 0.6) is 0 Å². The number of nitrogens with one attached hydrogen (secondary N) is 1. The zero-order valence-electron chi connectivity index (χ0n) is 13.2. The maximum absolute atomic E-state index is 12.9. The first kappa shape index (κ1) is 20.8. The van der Waals surface area contributed by atoms with Crippen LogP contribution >= 0.6 is 36.2 Å². The van der Waals surface area contributed by atoms with Gasteiger partial charge in [-0.25, -0.2) is 9.37 Å². The molecule has 1 saturated heterocycles. The van der Waals surface area contributed by atoms with Gasteiger partial charge in [0, 0.05) is 32.1 Å². The van der Waals surface area contributed by atoms with Gasteiger partial charge in [0.25, 0.3) is 5.91 Å². The lowest BCUT2D eigenvalue weighted by molar-refractivity contribution is 0.0660. The summed E-state index contributed by atoms with van der Waals surface area (Å²) in [5, 5.41) is 4.15. The van der Waals surface area contributed by atoms with Gasteiger partial charge in [-0.05, 0) is 24.6 Å². The van der Waals surface area contributed by atoms with E-state index in [0.29, 0.717) is 11.3 Å². The van der Waals surface area contributed by atoms with Crippen LogP contribution in [0.25, 0.3) is 0 Å². The van der Waals surface area contributed by atoms with Crippen molar-refractivity contribution in [2.24, 2.45) is 0 Å². The van der Waals surface area contributed by atoms with Crippen molar-refractivity contribution in [1.29, 1.82) is 0 Å². The lowest BCUT2D eigenvalue weighted by Gasteiger charge is -2.33. The zero-order chi connectivity index (χ0) is 15.5. The summed E-state index contributed by atoms with van der Waals surface area (Å²) < 4.78 is 12.9.